The second-order valence-corrected chi connectivity index (χ2v) is 24.5. The summed E-state index contributed by atoms with van der Waals surface area (Å²) in [4.78, 5) is 12.6. The highest BCUT2D eigenvalue weighted by molar-refractivity contribution is 5.76. The Morgan fingerprint density at radius 2 is 0.553 bits per heavy atom. The largest absolute Gasteiger partial charge is 0.394 e. The third-order valence-electron chi connectivity index (χ3n) is 16.7. The number of carbonyl (C=O) groups is 1. The lowest BCUT2D eigenvalue weighted by Gasteiger charge is -2.21. The van der Waals surface area contributed by atoms with Gasteiger partial charge in [-0.25, -0.2) is 0 Å². The molecule has 0 aromatic heterocycles. The van der Waals surface area contributed by atoms with E-state index < -0.39 is 18.2 Å². The summed E-state index contributed by atoms with van der Waals surface area (Å²) in [6.07, 6.45) is 87.2. The Kier molecular flexibility index (Phi) is 65.3. The summed E-state index contributed by atoms with van der Waals surface area (Å²) >= 11 is 0. The standard InChI is InChI=1S/C71H139NO4/c1-3-5-7-9-11-13-15-17-19-21-23-25-27-29-30-31-32-33-34-35-36-37-38-39-40-41-42-44-46-48-50-52-54-56-58-60-62-64-68(74)66-71(76)72-69(67-73)70(75)65-63-61-59-57-55-53-51-49-47-45-43-28-26-24-22-20-18-16-14-12-10-8-6-4-2/h35-36,63,65,68-70,73-75H,3-34,37-62,64,66-67H2,1-2H3,(H,72,76)/b36-35-,65-63+. The summed E-state index contributed by atoms with van der Waals surface area (Å²) in [6.45, 7) is 4.27. The number of amides is 1. The van der Waals surface area contributed by atoms with Crippen LogP contribution in [0.4, 0.5) is 0 Å². The summed E-state index contributed by atoms with van der Waals surface area (Å²) in [5.41, 5.74) is 0. The van der Waals surface area contributed by atoms with Gasteiger partial charge in [0.2, 0.25) is 5.91 Å². The minimum atomic E-state index is -0.929. The number of aliphatic hydroxyl groups is 3. The first-order valence-corrected chi connectivity index (χ1v) is 35.1. The molecular weight excluding hydrogens is 931 g/mol. The van der Waals surface area contributed by atoms with E-state index in [1.807, 2.05) is 6.08 Å². The van der Waals surface area contributed by atoms with Crippen LogP contribution in [0.25, 0.3) is 0 Å². The highest BCUT2D eigenvalue weighted by atomic mass is 16.3. The summed E-state index contributed by atoms with van der Waals surface area (Å²) in [6, 6.07) is -0.744. The average Bonchev–Trinajstić information content (AvgIpc) is 3.42. The molecule has 3 unspecified atom stereocenters. The second kappa shape index (κ2) is 66.3. The van der Waals surface area contributed by atoms with Gasteiger partial charge in [-0.3, -0.25) is 4.79 Å². The van der Waals surface area contributed by atoms with Crippen LogP contribution in [0.1, 0.15) is 399 Å². The van der Waals surface area contributed by atoms with Crippen molar-refractivity contribution in [1.82, 2.24) is 5.32 Å². The number of rotatable bonds is 66. The second-order valence-electron chi connectivity index (χ2n) is 24.5. The van der Waals surface area contributed by atoms with Crippen molar-refractivity contribution in [1.29, 1.82) is 0 Å². The third-order valence-corrected chi connectivity index (χ3v) is 16.7. The predicted molar refractivity (Wildman–Crippen MR) is 338 cm³/mol. The molecule has 452 valence electrons. The Labute approximate surface area is 477 Å². The van der Waals surface area contributed by atoms with Gasteiger partial charge in [-0.2, -0.15) is 0 Å². The molecule has 0 heterocycles. The Bertz CT molecular complexity index is 1140. The van der Waals surface area contributed by atoms with Gasteiger partial charge in [-0.05, 0) is 44.9 Å². The van der Waals surface area contributed by atoms with Gasteiger partial charge < -0.3 is 20.6 Å². The molecule has 0 bridgehead atoms. The molecule has 0 fully saturated rings. The van der Waals surface area contributed by atoms with Crippen LogP contribution in [-0.2, 0) is 4.79 Å². The molecule has 0 aromatic rings. The van der Waals surface area contributed by atoms with E-state index in [9.17, 15) is 20.1 Å². The van der Waals surface area contributed by atoms with Gasteiger partial charge in [0.1, 0.15) is 0 Å². The lowest BCUT2D eigenvalue weighted by molar-refractivity contribution is -0.124. The zero-order chi connectivity index (χ0) is 55.0. The fraction of sp³-hybridized carbons (Fsp3) is 0.930. The lowest BCUT2D eigenvalue weighted by Crippen LogP contribution is -2.45. The fourth-order valence-corrected chi connectivity index (χ4v) is 11.4. The quantitative estimate of drug-likeness (QED) is 0.0361. The molecule has 4 N–H and O–H groups in total. The summed E-state index contributed by atoms with van der Waals surface area (Å²) in [7, 11) is 0. The first-order valence-electron chi connectivity index (χ1n) is 35.1. The van der Waals surface area contributed by atoms with Gasteiger partial charge in [-0.1, -0.05) is 372 Å². The molecule has 76 heavy (non-hydrogen) atoms. The Morgan fingerprint density at radius 1 is 0.329 bits per heavy atom. The van der Waals surface area contributed by atoms with Crippen molar-refractivity contribution < 1.29 is 20.1 Å². The van der Waals surface area contributed by atoms with Crippen molar-refractivity contribution in [3.8, 4) is 0 Å². The molecule has 0 aromatic carbocycles. The van der Waals surface area contributed by atoms with Crippen molar-refractivity contribution >= 4 is 5.91 Å². The Morgan fingerprint density at radius 3 is 0.803 bits per heavy atom. The number of hydrogen-bond acceptors (Lipinski definition) is 4. The minimum absolute atomic E-state index is 0.0176. The van der Waals surface area contributed by atoms with Crippen molar-refractivity contribution in [2.75, 3.05) is 6.61 Å². The smallest absolute Gasteiger partial charge is 0.222 e. The highest BCUT2D eigenvalue weighted by Crippen LogP contribution is 2.19. The van der Waals surface area contributed by atoms with E-state index in [0.29, 0.717) is 6.42 Å². The SMILES string of the molecule is CCCCCCCCCCCCCCCCCCCC/C=C\CCCCCCCCCCCCCCCCCC(O)CC(=O)NC(CO)C(O)/C=C/CCCCCCCCCCCCCCCCCCCCCCCC. The molecular formula is C71H139NO4. The van der Waals surface area contributed by atoms with Crippen molar-refractivity contribution in [3.63, 3.8) is 0 Å². The summed E-state index contributed by atoms with van der Waals surface area (Å²) < 4.78 is 0. The van der Waals surface area contributed by atoms with Crippen LogP contribution < -0.4 is 5.32 Å². The van der Waals surface area contributed by atoms with Crippen molar-refractivity contribution in [3.05, 3.63) is 24.3 Å². The van der Waals surface area contributed by atoms with Gasteiger partial charge in [0.15, 0.2) is 0 Å². The van der Waals surface area contributed by atoms with Crippen molar-refractivity contribution in [2.24, 2.45) is 0 Å². The monoisotopic (exact) mass is 1070 g/mol. The Balaban J connectivity index is 3.47. The van der Waals surface area contributed by atoms with Crippen LogP contribution in [0.5, 0.6) is 0 Å². The highest BCUT2D eigenvalue weighted by Gasteiger charge is 2.20. The Hall–Kier alpha value is -1.17. The van der Waals surface area contributed by atoms with Crippen LogP contribution in [0.15, 0.2) is 24.3 Å². The topological polar surface area (TPSA) is 89.8 Å². The minimum Gasteiger partial charge on any atom is -0.394 e. The van der Waals surface area contributed by atoms with Crippen LogP contribution in [0, 0.1) is 0 Å². The van der Waals surface area contributed by atoms with E-state index in [0.717, 1.165) is 25.7 Å². The fourth-order valence-electron chi connectivity index (χ4n) is 11.4. The molecule has 0 saturated carbocycles. The normalized spacial score (nSPS) is 13.2. The number of aliphatic hydroxyl groups excluding tert-OH is 3. The van der Waals surface area contributed by atoms with Gasteiger partial charge in [0.25, 0.3) is 0 Å². The molecule has 0 aliphatic carbocycles. The van der Waals surface area contributed by atoms with E-state index in [1.54, 1.807) is 6.08 Å². The molecule has 0 saturated heterocycles. The van der Waals surface area contributed by atoms with Gasteiger partial charge in [0.05, 0.1) is 31.3 Å². The van der Waals surface area contributed by atoms with E-state index in [4.69, 9.17) is 0 Å². The summed E-state index contributed by atoms with van der Waals surface area (Å²) in [5.74, 6) is -0.308. The van der Waals surface area contributed by atoms with Crippen molar-refractivity contribution in [2.45, 2.75) is 417 Å². The maximum atomic E-state index is 12.6. The van der Waals surface area contributed by atoms with Crippen LogP contribution >= 0.6 is 0 Å². The molecule has 0 aliphatic rings. The maximum Gasteiger partial charge on any atom is 0.222 e. The molecule has 0 spiro atoms. The third kappa shape index (κ3) is 62.0. The van der Waals surface area contributed by atoms with Crippen LogP contribution in [0.2, 0.25) is 0 Å². The maximum absolute atomic E-state index is 12.6. The van der Waals surface area contributed by atoms with Gasteiger partial charge in [-0.15, -0.1) is 0 Å². The molecule has 0 rings (SSSR count). The zero-order valence-corrected chi connectivity index (χ0v) is 51.9. The molecule has 5 heteroatoms. The van der Waals surface area contributed by atoms with E-state index in [-0.39, 0.29) is 18.9 Å². The van der Waals surface area contributed by atoms with E-state index >= 15 is 0 Å². The first-order chi connectivity index (χ1) is 37.5. The first kappa shape index (κ1) is 74.8. The van der Waals surface area contributed by atoms with E-state index in [2.05, 4.69) is 31.3 Å². The van der Waals surface area contributed by atoms with Gasteiger partial charge in [0, 0.05) is 0 Å². The number of hydrogen-bond donors (Lipinski definition) is 4. The number of carbonyl (C=O) groups excluding carboxylic acids is 1. The number of unbranched alkanes of at least 4 members (excludes halogenated alkanes) is 55. The van der Waals surface area contributed by atoms with Crippen LogP contribution in [0.3, 0.4) is 0 Å². The van der Waals surface area contributed by atoms with Gasteiger partial charge >= 0.3 is 0 Å². The number of nitrogens with one attached hydrogen (secondary N) is 1. The molecule has 1 amide bonds. The number of allylic oxidation sites excluding steroid dienone is 3. The average molecular weight is 1070 g/mol. The predicted octanol–water partition coefficient (Wildman–Crippen LogP) is 22.7. The van der Waals surface area contributed by atoms with E-state index in [1.165, 1.54) is 347 Å². The summed E-state index contributed by atoms with van der Waals surface area (Å²) in [5, 5.41) is 33.6. The lowest BCUT2D eigenvalue weighted by atomic mass is 10.0. The molecule has 3 atom stereocenters. The molecule has 5 nitrogen and oxygen atoms in total. The zero-order valence-electron chi connectivity index (χ0n) is 51.9. The molecule has 0 aliphatic heterocycles. The van der Waals surface area contributed by atoms with Crippen LogP contribution in [-0.4, -0.2) is 46.1 Å². The molecule has 0 radical (unpaired) electrons.